The summed E-state index contributed by atoms with van der Waals surface area (Å²) in [7, 11) is 0. The number of hydrogen-bond acceptors (Lipinski definition) is 3. The molecule has 0 aliphatic carbocycles. The van der Waals surface area contributed by atoms with E-state index >= 15 is 0 Å². The Balaban J connectivity index is 1.77. The van der Waals surface area contributed by atoms with Crippen LogP contribution in [0.5, 0.6) is 5.75 Å². The number of unbranched alkanes of at least 4 members (excludes halogenated alkanes) is 1. The molecule has 1 fully saturated rings. The van der Waals surface area contributed by atoms with E-state index in [2.05, 4.69) is 17.1 Å². The van der Waals surface area contributed by atoms with Crippen molar-refractivity contribution in [3.05, 3.63) is 28.8 Å². The van der Waals surface area contributed by atoms with Crippen molar-refractivity contribution >= 4 is 17.5 Å². The third kappa shape index (κ3) is 6.52. The third-order valence-electron chi connectivity index (χ3n) is 4.65. The molecule has 140 valence electrons. The van der Waals surface area contributed by atoms with Crippen LogP contribution in [0.1, 0.15) is 63.2 Å². The zero-order valence-electron chi connectivity index (χ0n) is 15.7. The number of hydrogen-bond donors (Lipinski definition) is 1. The molecule has 1 saturated heterocycles. The zero-order valence-corrected chi connectivity index (χ0v) is 16.4. The minimum atomic E-state index is -0.121. The van der Waals surface area contributed by atoms with Crippen molar-refractivity contribution in [1.29, 1.82) is 0 Å². The number of ether oxygens (including phenoxy) is 1. The van der Waals surface area contributed by atoms with Crippen molar-refractivity contribution in [2.45, 2.75) is 65.0 Å². The molecule has 1 heterocycles. The second kappa shape index (κ2) is 10.0. The SMILES string of the molecule is CC(C)Oc1ccc(Cl)cc1C(=O)NCCCCN1CCCCC1C. The van der Waals surface area contributed by atoms with E-state index in [-0.39, 0.29) is 12.0 Å². The lowest BCUT2D eigenvalue weighted by Crippen LogP contribution is -2.38. The number of nitrogens with one attached hydrogen (secondary N) is 1. The summed E-state index contributed by atoms with van der Waals surface area (Å²) in [5.41, 5.74) is 0.505. The van der Waals surface area contributed by atoms with Gasteiger partial charge < -0.3 is 15.0 Å². The molecule has 1 aliphatic heterocycles. The van der Waals surface area contributed by atoms with E-state index in [1.54, 1.807) is 18.2 Å². The maximum atomic E-state index is 12.5. The minimum absolute atomic E-state index is 0.0132. The summed E-state index contributed by atoms with van der Waals surface area (Å²) in [6, 6.07) is 5.88. The molecular weight excluding hydrogens is 336 g/mol. The first kappa shape index (κ1) is 20.1. The van der Waals surface area contributed by atoms with Gasteiger partial charge in [-0.25, -0.2) is 0 Å². The highest BCUT2D eigenvalue weighted by Crippen LogP contribution is 2.24. The second-order valence-corrected chi connectivity index (χ2v) is 7.59. The molecule has 1 N–H and O–H groups in total. The van der Waals surface area contributed by atoms with Crippen LogP contribution < -0.4 is 10.1 Å². The van der Waals surface area contributed by atoms with Crippen molar-refractivity contribution in [2.75, 3.05) is 19.6 Å². The number of rotatable bonds is 8. The molecule has 0 saturated carbocycles. The molecule has 1 aromatic rings. The highest BCUT2D eigenvalue weighted by atomic mass is 35.5. The van der Waals surface area contributed by atoms with Gasteiger partial charge in [-0.3, -0.25) is 4.79 Å². The zero-order chi connectivity index (χ0) is 18.2. The Bertz CT molecular complexity index is 563. The number of amides is 1. The predicted octanol–water partition coefficient (Wildman–Crippen LogP) is 4.51. The van der Waals surface area contributed by atoms with Gasteiger partial charge in [0.2, 0.25) is 0 Å². The summed E-state index contributed by atoms with van der Waals surface area (Å²) >= 11 is 6.04. The van der Waals surface area contributed by atoms with Crippen molar-refractivity contribution < 1.29 is 9.53 Å². The first-order valence-corrected chi connectivity index (χ1v) is 9.83. The number of piperidine rings is 1. The van der Waals surface area contributed by atoms with E-state index < -0.39 is 0 Å². The molecule has 0 aromatic heterocycles. The average molecular weight is 367 g/mol. The number of carbonyl (C=O) groups excluding carboxylic acids is 1. The van der Waals surface area contributed by atoms with Gasteiger partial charge in [0.15, 0.2) is 0 Å². The Morgan fingerprint density at radius 2 is 2.16 bits per heavy atom. The van der Waals surface area contributed by atoms with Crippen LogP contribution >= 0.6 is 11.6 Å². The summed E-state index contributed by atoms with van der Waals surface area (Å²) in [5.74, 6) is 0.462. The first-order valence-electron chi connectivity index (χ1n) is 9.46. The number of carbonyl (C=O) groups is 1. The van der Waals surface area contributed by atoms with Crippen LogP contribution in [0.15, 0.2) is 18.2 Å². The van der Waals surface area contributed by atoms with Crippen LogP contribution in [0, 0.1) is 0 Å². The molecule has 25 heavy (non-hydrogen) atoms. The molecule has 1 unspecified atom stereocenters. The van der Waals surface area contributed by atoms with Gasteiger partial charge in [0.1, 0.15) is 5.75 Å². The Labute approximate surface area is 156 Å². The average Bonchev–Trinajstić information content (AvgIpc) is 2.57. The Morgan fingerprint density at radius 3 is 2.88 bits per heavy atom. The molecule has 1 amide bonds. The molecule has 5 heteroatoms. The lowest BCUT2D eigenvalue weighted by Gasteiger charge is -2.33. The summed E-state index contributed by atoms with van der Waals surface area (Å²) in [6.45, 7) is 9.21. The van der Waals surface area contributed by atoms with Gasteiger partial charge in [-0.1, -0.05) is 18.0 Å². The third-order valence-corrected chi connectivity index (χ3v) is 4.88. The lowest BCUT2D eigenvalue weighted by atomic mass is 10.0. The molecular formula is C20H31ClN2O2. The van der Waals surface area contributed by atoms with Crippen molar-refractivity contribution in [3.8, 4) is 5.75 Å². The maximum absolute atomic E-state index is 12.5. The van der Waals surface area contributed by atoms with Gasteiger partial charge in [-0.15, -0.1) is 0 Å². The molecule has 1 aromatic carbocycles. The minimum Gasteiger partial charge on any atom is -0.490 e. The summed E-state index contributed by atoms with van der Waals surface area (Å²) < 4.78 is 5.71. The van der Waals surface area contributed by atoms with Crippen molar-refractivity contribution in [3.63, 3.8) is 0 Å². The molecule has 0 spiro atoms. The van der Waals surface area contributed by atoms with E-state index in [1.165, 1.54) is 25.8 Å². The number of halogens is 1. The topological polar surface area (TPSA) is 41.6 Å². The second-order valence-electron chi connectivity index (χ2n) is 7.15. The van der Waals surface area contributed by atoms with E-state index in [4.69, 9.17) is 16.3 Å². The van der Waals surface area contributed by atoms with Crippen LogP contribution in [0.25, 0.3) is 0 Å². The van der Waals surface area contributed by atoms with E-state index in [9.17, 15) is 4.79 Å². The van der Waals surface area contributed by atoms with Gasteiger partial charge in [-0.2, -0.15) is 0 Å². The van der Waals surface area contributed by atoms with Gasteiger partial charge >= 0.3 is 0 Å². The summed E-state index contributed by atoms with van der Waals surface area (Å²) in [6.07, 6.45) is 6.08. The van der Waals surface area contributed by atoms with Crippen LogP contribution in [-0.4, -0.2) is 42.6 Å². The van der Waals surface area contributed by atoms with Crippen LogP contribution in [0.3, 0.4) is 0 Å². The number of benzene rings is 1. The van der Waals surface area contributed by atoms with Crippen molar-refractivity contribution in [2.24, 2.45) is 0 Å². The normalized spacial score (nSPS) is 18.4. The Hall–Kier alpha value is -1.26. The first-order chi connectivity index (χ1) is 12.0. The number of nitrogens with zero attached hydrogens (tertiary/aromatic N) is 1. The Morgan fingerprint density at radius 1 is 1.36 bits per heavy atom. The molecule has 2 rings (SSSR count). The van der Waals surface area contributed by atoms with Crippen LogP contribution in [0.4, 0.5) is 0 Å². The van der Waals surface area contributed by atoms with Crippen LogP contribution in [0.2, 0.25) is 5.02 Å². The highest BCUT2D eigenvalue weighted by Gasteiger charge is 2.17. The van der Waals surface area contributed by atoms with Crippen LogP contribution in [-0.2, 0) is 0 Å². The fourth-order valence-corrected chi connectivity index (χ4v) is 3.44. The molecule has 1 aliphatic rings. The molecule has 4 nitrogen and oxygen atoms in total. The smallest absolute Gasteiger partial charge is 0.255 e. The standard InChI is InChI=1S/C20H31ClN2O2/c1-15(2)25-19-10-9-17(21)14-18(19)20(24)22-11-5-7-13-23-12-6-4-8-16(23)3/h9-10,14-16H,4-8,11-13H2,1-3H3,(H,22,24). The number of likely N-dealkylation sites (tertiary alicyclic amines) is 1. The van der Waals surface area contributed by atoms with Gasteiger partial charge in [0.25, 0.3) is 5.91 Å². The molecule has 1 atom stereocenters. The molecule has 0 radical (unpaired) electrons. The predicted molar refractivity (Wildman–Crippen MR) is 104 cm³/mol. The fraction of sp³-hybridized carbons (Fsp3) is 0.650. The molecule has 0 bridgehead atoms. The quantitative estimate of drug-likeness (QED) is 0.688. The largest absolute Gasteiger partial charge is 0.490 e. The highest BCUT2D eigenvalue weighted by molar-refractivity contribution is 6.31. The lowest BCUT2D eigenvalue weighted by molar-refractivity contribution is 0.0945. The maximum Gasteiger partial charge on any atom is 0.255 e. The van der Waals surface area contributed by atoms with E-state index in [1.807, 2.05) is 13.8 Å². The fourth-order valence-electron chi connectivity index (χ4n) is 3.26. The van der Waals surface area contributed by atoms with E-state index in [0.717, 1.165) is 19.4 Å². The monoisotopic (exact) mass is 366 g/mol. The summed E-state index contributed by atoms with van der Waals surface area (Å²) in [4.78, 5) is 15.0. The summed E-state index contributed by atoms with van der Waals surface area (Å²) in [5, 5.41) is 3.53. The van der Waals surface area contributed by atoms with Crippen molar-refractivity contribution in [1.82, 2.24) is 10.2 Å². The van der Waals surface area contributed by atoms with Gasteiger partial charge in [0, 0.05) is 17.6 Å². The van der Waals surface area contributed by atoms with Gasteiger partial charge in [0.05, 0.1) is 11.7 Å². The van der Waals surface area contributed by atoms with E-state index in [0.29, 0.717) is 28.9 Å². The Kier molecular flexibility index (Phi) is 8.04. The van der Waals surface area contributed by atoms with Gasteiger partial charge in [-0.05, 0) is 77.7 Å².